The Bertz CT molecular complexity index is 1020. The molecule has 1 aromatic carbocycles. The molecule has 0 aliphatic rings. The highest BCUT2D eigenvalue weighted by molar-refractivity contribution is 5.98. The van der Waals surface area contributed by atoms with Crippen LogP contribution in [0.2, 0.25) is 0 Å². The Hall–Kier alpha value is -3.43. The van der Waals surface area contributed by atoms with Crippen molar-refractivity contribution in [3.8, 4) is 5.75 Å². The van der Waals surface area contributed by atoms with Crippen LogP contribution in [0.4, 0.5) is 23.2 Å². The highest BCUT2D eigenvalue weighted by Gasteiger charge is 2.31. The number of amides is 1. The molecule has 1 amide bonds. The van der Waals surface area contributed by atoms with E-state index in [1.54, 1.807) is 33.9 Å². The van der Waals surface area contributed by atoms with Crippen molar-refractivity contribution in [2.75, 3.05) is 11.4 Å². The third-order valence-corrected chi connectivity index (χ3v) is 4.65. The minimum Gasteiger partial charge on any atom is -0.406 e. The molecular weight excluding hydrogens is 428 g/mol. The van der Waals surface area contributed by atoms with Crippen molar-refractivity contribution >= 4 is 24.0 Å². The first kappa shape index (κ1) is 24.8. The Kier molecular flexibility index (Phi) is 7.96. The molecule has 0 bridgehead atoms. The number of halogens is 4. The van der Waals surface area contributed by atoms with E-state index in [0.29, 0.717) is 29.2 Å². The molecule has 1 unspecified atom stereocenters. The van der Waals surface area contributed by atoms with Crippen molar-refractivity contribution < 1.29 is 27.1 Å². The molecule has 172 valence electrons. The van der Waals surface area contributed by atoms with E-state index >= 15 is 0 Å². The Morgan fingerprint density at radius 1 is 1.34 bits per heavy atom. The van der Waals surface area contributed by atoms with Crippen LogP contribution in [-0.2, 0) is 4.79 Å². The molecule has 10 heteroatoms. The summed E-state index contributed by atoms with van der Waals surface area (Å²) < 4.78 is 56.0. The molecule has 0 radical (unpaired) electrons. The van der Waals surface area contributed by atoms with Crippen molar-refractivity contribution in [3.05, 3.63) is 59.8 Å². The third kappa shape index (κ3) is 6.29. The van der Waals surface area contributed by atoms with Gasteiger partial charge in [-0.15, -0.1) is 13.2 Å². The average molecular weight is 452 g/mol. The lowest BCUT2D eigenvalue weighted by Crippen LogP contribution is -2.34. The van der Waals surface area contributed by atoms with E-state index in [0.717, 1.165) is 6.20 Å². The number of benzene rings is 1. The largest absolute Gasteiger partial charge is 0.573 e. The summed E-state index contributed by atoms with van der Waals surface area (Å²) in [5, 5.41) is 4.34. The second kappa shape index (κ2) is 10.3. The Morgan fingerprint density at radius 2 is 1.97 bits per heavy atom. The predicted octanol–water partition coefficient (Wildman–Crippen LogP) is 5.62. The maximum Gasteiger partial charge on any atom is 0.573 e. The number of rotatable bonds is 8. The molecule has 0 fully saturated rings. The van der Waals surface area contributed by atoms with E-state index in [1.165, 1.54) is 39.9 Å². The molecule has 0 aliphatic heterocycles. The van der Waals surface area contributed by atoms with Gasteiger partial charge in [0.1, 0.15) is 11.6 Å². The third-order valence-electron chi connectivity index (χ3n) is 4.65. The molecule has 0 aliphatic carbocycles. The van der Waals surface area contributed by atoms with Crippen molar-refractivity contribution in [1.29, 1.82) is 0 Å². The molecule has 1 aromatic heterocycles. The quantitative estimate of drug-likeness (QED) is 0.297. The SMILES string of the molecule is C=N/C=C(F)\C=C(/C)n1cc(N(CC)C(=O)C(C)c2ccc(OC(F)(F)F)cc2)c(C)n1. The van der Waals surface area contributed by atoms with Gasteiger partial charge in [0.2, 0.25) is 5.91 Å². The van der Waals surface area contributed by atoms with Crippen molar-refractivity contribution in [2.24, 2.45) is 4.99 Å². The topological polar surface area (TPSA) is 59.7 Å². The molecule has 6 nitrogen and oxygen atoms in total. The second-order valence-corrected chi connectivity index (χ2v) is 6.95. The number of alkyl halides is 3. The van der Waals surface area contributed by atoms with Gasteiger partial charge >= 0.3 is 6.36 Å². The van der Waals surface area contributed by atoms with Crippen LogP contribution in [-0.4, -0.2) is 35.3 Å². The molecular formula is C22H24F4N4O2. The summed E-state index contributed by atoms with van der Waals surface area (Å²) in [5.41, 5.74) is 2.10. The molecule has 1 heterocycles. The van der Waals surface area contributed by atoms with Gasteiger partial charge < -0.3 is 9.64 Å². The maximum absolute atomic E-state index is 13.7. The molecule has 1 atom stereocenters. The minimum absolute atomic E-state index is 0.261. The fourth-order valence-electron chi connectivity index (χ4n) is 3.07. The standard InChI is InChI=1S/C22H24F4N4O2/c1-6-29(20-13-30(28-16(20)4)14(2)11-18(23)12-27-5)21(31)15(3)17-7-9-19(10-8-17)32-22(24,25)26/h7-13,15H,5-6H2,1-4H3/b14-11+,18-12+. The summed E-state index contributed by atoms with van der Waals surface area (Å²) in [4.78, 5) is 18.0. The Balaban J connectivity index is 2.26. The summed E-state index contributed by atoms with van der Waals surface area (Å²) in [6.45, 7) is 10.4. The van der Waals surface area contributed by atoms with Gasteiger partial charge in [0.25, 0.3) is 0 Å². The van der Waals surface area contributed by atoms with E-state index in [2.05, 4.69) is 21.5 Å². The number of aliphatic imine (C=N–C) groups is 1. The van der Waals surface area contributed by atoms with Gasteiger partial charge in [-0.25, -0.2) is 9.07 Å². The zero-order chi connectivity index (χ0) is 24.1. The highest BCUT2D eigenvalue weighted by atomic mass is 19.4. The van der Waals surface area contributed by atoms with Crippen LogP contribution in [0.1, 0.15) is 37.9 Å². The lowest BCUT2D eigenvalue weighted by molar-refractivity contribution is -0.274. The molecule has 0 saturated heterocycles. The first-order valence-corrected chi connectivity index (χ1v) is 9.70. The summed E-state index contributed by atoms with van der Waals surface area (Å²) >= 11 is 0. The van der Waals surface area contributed by atoms with Crippen LogP contribution in [0.5, 0.6) is 5.75 Å². The highest BCUT2D eigenvalue weighted by Crippen LogP contribution is 2.28. The smallest absolute Gasteiger partial charge is 0.406 e. The number of aryl methyl sites for hydroxylation is 1. The number of anilines is 1. The van der Waals surface area contributed by atoms with Crippen LogP contribution in [0.3, 0.4) is 0 Å². The summed E-state index contributed by atoms with van der Waals surface area (Å²) in [6, 6.07) is 5.17. The fourth-order valence-corrected chi connectivity index (χ4v) is 3.07. The number of hydrogen-bond donors (Lipinski definition) is 0. The normalized spacial score (nSPS) is 13.6. The summed E-state index contributed by atoms with van der Waals surface area (Å²) in [7, 11) is 0. The van der Waals surface area contributed by atoms with Gasteiger partial charge in [-0.3, -0.25) is 9.79 Å². The predicted molar refractivity (Wildman–Crippen MR) is 115 cm³/mol. The van der Waals surface area contributed by atoms with Gasteiger partial charge in [0.15, 0.2) is 0 Å². The number of nitrogens with zero attached hydrogens (tertiary/aromatic N) is 4. The van der Waals surface area contributed by atoms with Gasteiger partial charge in [0.05, 0.1) is 29.7 Å². The molecule has 0 spiro atoms. The van der Waals surface area contributed by atoms with E-state index in [-0.39, 0.29) is 11.7 Å². The Labute approximate surface area is 183 Å². The molecule has 32 heavy (non-hydrogen) atoms. The second-order valence-electron chi connectivity index (χ2n) is 6.95. The number of ether oxygens (including phenoxy) is 1. The van der Waals surface area contributed by atoms with Gasteiger partial charge in [-0.05, 0) is 58.2 Å². The number of carbonyl (C=O) groups is 1. The first-order chi connectivity index (χ1) is 15.0. The lowest BCUT2D eigenvalue weighted by Gasteiger charge is -2.24. The van der Waals surface area contributed by atoms with E-state index in [9.17, 15) is 22.4 Å². The number of hydrogen-bond acceptors (Lipinski definition) is 4. The van der Waals surface area contributed by atoms with Crippen LogP contribution < -0.4 is 9.64 Å². The van der Waals surface area contributed by atoms with Crippen LogP contribution in [0, 0.1) is 6.92 Å². The molecule has 0 N–H and O–H groups in total. The van der Waals surface area contributed by atoms with Crippen LogP contribution in [0.25, 0.3) is 5.70 Å². The fraction of sp³-hybridized carbons (Fsp3) is 0.318. The van der Waals surface area contributed by atoms with Crippen LogP contribution in [0.15, 0.2) is 53.6 Å². The van der Waals surface area contributed by atoms with Gasteiger partial charge in [0, 0.05) is 12.2 Å². The number of allylic oxidation sites excluding steroid dienone is 3. The summed E-state index contributed by atoms with van der Waals surface area (Å²) in [5.74, 6) is -1.85. The maximum atomic E-state index is 13.7. The minimum atomic E-state index is -4.78. The first-order valence-electron chi connectivity index (χ1n) is 9.70. The lowest BCUT2D eigenvalue weighted by atomic mass is 9.99. The van der Waals surface area contributed by atoms with Crippen molar-refractivity contribution in [2.45, 2.75) is 40.0 Å². The van der Waals surface area contributed by atoms with Gasteiger partial charge in [-0.1, -0.05) is 12.1 Å². The number of likely N-dealkylation sites (N-methyl/N-ethyl adjacent to an activating group) is 1. The van der Waals surface area contributed by atoms with Crippen molar-refractivity contribution in [1.82, 2.24) is 9.78 Å². The Morgan fingerprint density at radius 3 is 2.50 bits per heavy atom. The van der Waals surface area contributed by atoms with E-state index in [1.807, 2.05) is 0 Å². The zero-order valence-electron chi connectivity index (χ0n) is 18.2. The number of carbonyl (C=O) groups excluding carboxylic acids is 1. The molecule has 2 rings (SSSR count). The molecule has 2 aromatic rings. The number of aromatic nitrogens is 2. The monoisotopic (exact) mass is 452 g/mol. The van der Waals surface area contributed by atoms with E-state index in [4.69, 9.17) is 0 Å². The zero-order valence-corrected chi connectivity index (χ0v) is 18.2. The van der Waals surface area contributed by atoms with Crippen LogP contribution >= 0.6 is 0 Å². The molecule has 0 saturated carbocycles. The van der Waals surface area contributed by atoms with Gasteiger partial charge in [-0.2, -0.15) is 5.10 Å². The van der Waals surface area contributed by atoms with E-state index < -0.39 is 18.1 Å². The van der Waals surface area contributed by atoms with Crippen molar-refractivity contribution in [3.63, 3.8) is 0 Å². The average Bonchev–Trinajstić information content (AvgIpc) is 3.09. The summed E-state index contributed by atoms with van der Waals surface area (Å²) in [6.07, 6.45) is -0.969.